The van der Waals surface area contributed by atoms with E-state index in [1.165, 1.54) is 12.1 Å². The average Bonchev–Trinajstić information content (AvgIpc) is 2.69. The first-order valence-electron chi connectivity index (χ1n) is 9.05. The first kappa shape index (κ1) is 21.0. The summed E-state index contributed by atoms with van der Waals surface area (Å²) in [5.41, 5.74) is 1.73. The molecule has 2 N–H and O–H groups in total. The van der Waals surface area contributed by atoms with Crippen molar-refractivity contribution in [2.24, 2.45) is 0 Å². The van der Waals surface area contributed by atoms with Crippen molar-refractivity contribution in [3.63, 3.8) is 0 Å². The van der Waals surface area contributed by atoms with Gasteiger partial charge >= 0.3 is 5.97 Å². The summed E-state index contributed by atoms with van der Waals surface area (Å²) in [5, 5.41) is 11.8. The molecule has 0 aromatic heterocycles. The third-order valence-corrected chi connectivity index (χ3v) is 4.12. The number of carbonyl (C=O) groups excluding carboxylic acids is 3. The molecule has 0 bridgehead atoms. The van der Waals surface area contributed by atoms with Crippen LogP contribution in [-0.2, 0) is 20.7 Å². The summed E-state index contributed by atoms with van der Waals surface area (Å²) < 4.78 is 4.96. The van der Waals surface area contributed by atoms with Gasteiger partial charge in [-0.25, -0.2) is 0 Å². The van der Waals surface area contributed by atoms with E-state index in [4.69, 9.17) is 4.74 Å². The zero-order valence-corrected chi connectivity index (χ0v) is 16.0. The quantitative estimate of drug-likeness (QED) is 0.682. The van der Waals surface area contributed by atoms with E-state index < -0.39 is 18.5 Å². The third kappa shape index (κ3) is 6.12. The molecular formula is C21H24N2O5. The van der Waals surface area contributed by atoms with Crippen LogP contribution in [0.1, 0.15) is 29.8 Å². The first-order valence-corrected chi connectivity index (χ1v) is 9.05. The fourth-order valence-electron chi connectivity index (χ4n) is 2.56. The molecule has 0 radical (unpaired) electrons. The van der Waals surface area contributed by atoms with Crippen molar-refractivity contribution in [1.82, 2.24) is 4.90 Å². The van der Waals surface area contributed by atoms with Crippen LogP contribution < -0.4 is 5.32 Å². The van der Waals surface area contributed by atoms with Gasteiger partial charge in [-0.1, -0.05) is 12.1 Å². The molecule has 7 heteroatoms. The van der Waals surface area contributed by atoms with E-state index in [0.717, 1.165) is 0 Å². The second-order valence-electron chi connectivity index (χ2n) is 6.11. The second-order valence-corrected chi connectivity index (χ2v) is 6.11. The van der Waals surface area contributed by atoms with Crippen molar-refractivity contribution in [1.29, 1.82) is 0 Å². The van der Waals surface area contributed by atoms with E-state index in [-0.39, 0.29) is 18.1 Å². The fourth-order valence-corrected chi connectivity index (χ4v) is 2.56. The Morgan fingerprint density at radius 2 is 1.57 bits per heavy atom. The van der Waals surface area contributed by atoms with E-state index >= 15 is 0 Å². The lowest BCUT2D eigenvalue weighted by Crippen LogP contribution is -2.30. The standard InChI is InChI=1S/C21H24N2O5/c1-3-23(4-2)21(27)16-7-9-17(10-8-16)22-19(25)14-28-20(26)13-15-5-11-18(24)12-6-15/h5-12,24H,3-4,13-14H2,1-2H3,(H,22,25). The lowest BCUT2D eigenvalue weighted by Gasteiger charge is -2.18. The van der Waals surface area contributed by atoms with Crippen molar-refractivity contribution in [3.8, 4) is 5.75 Å². The van der Waals surface area contributed by atoms with Crippen LogP contribution in [-0.4, -0.2) is 47.5 Å². The van der Waals surface area contributed by atoms with Gasteiger partial charge in [-0.3, -0.25) is 14.4 Å². The zero-order valence-electron chi connectivity index (χ0n) is 16.0. The molecule has 0 aliphatic carbocycles. The van der Waals surface area contributed by atoms with E-state index in [0.29, 0.717) is 29.9 Å². The molecule has 0 fully saturated rings. The predicted molar refractivity (Wildman–Crippen MR) is 105 cm³/mol. The number of rotatable bonds is 8. The number of ether oxygens (including phenoxy) is 1. The maximum absolute atomic E-state index is 12.3. The van der Waals surface area contributed by atoms with Crippen LogP contribution in [0, 0.1) is 0 Å². The van der Waals surface area contributed by atoms with Gasteiger partial charge in [-0.15, -0.1) is 0 Å². The Balaban J connectivity index is 1.81. The number of benzene rings is 2. The Kier molecular flexibility index (Phi) is 7.56. The summed E-state index contributed by atoms with van der Waals surface area (Å²) in [6.07, 6.45) is 0.00965. The molecule has 0 spiro atoms. The molecule has 2 aromatic carbocycles. The molecule has 0 heterocycles. The highest BCUT2D eigenvalue weighted by molar-refractivity contribution is 5.96. The van der Waals surface area contributed by atoms with Gasteiger partial charge in [-0.2, -0.15) is 0 Å². The number of phenols is 1. The summed E-state index contributed by atoms with van der Waals surface area (Å²) in [4.78, 5) is 37.7. The molecule has 0 aliphatic rings. The van der Waals surface area contributed by atoms with Gasteiger partial charge < -0.3 is 20.1 Å². The Hall–Kier alpha value is -3.35. The van der Waals surface area contributed by atoms with Crippen molar-refractivity contribution in [2.45, 2.75) is 20.3 Å². The number of nitrogens with one attached hydrogen (secondary N) is 1. The Morgan fingerprint density at radius 1 is 0.964 bits per heavy atom. The van der Waals surface area contributed by atoms with Crippen LogP contribution in [0.5, 0.6) is 5.75 Å². The third-order valence-electron chi connectivity index (χ3n) is 4.12. The number of nitrogens with zero attached hydrogens (tertiary/aromatic N) is 1. The minimum absolute atomic E-state index is 0.00965. The van der Waals surface area contributed by atoms with Gasteiger partial charge in [0.15, 0.2) is 6.61 Å². The topological polar surface area (TPSA) is 95.9 Å². The van der Waals surface area contributed by atoms with Crippen molar-refractivity contribution >= 4 is 23.5 Å². The molecule has 0 saturated carbocycles. The molecule has 28 heavy (non-hydrogen) atoms. The summed E-state index contributed by atoms with van der Waals surface area (Å²) in [6.45, 7) is 4.68. The molecule has 148 valence electrons. The van der Waals surface area contributed by atoms with Crippen molar-refractivity contribution in [3.05, 3.63) is 59.7 Å². The van der Waals surface area contributed by atoms with E-state index in [1.54, 1.807) is 41.3 Å². The zero-order chi connectivity index (χ0) is 20.5. The first-order chi connectivity index (χ1) is 13.4. The largest absolute Gasteiger partial charge is 0.508 e. The van der Waals surface area contributed by atoms with Gasteiger partial charge in [0.2, 0.25) is 0 Å². The molecule has 2 aromatic rings. The summed E-state index contributed by atoms with van der Waals surface area (Å²) in [7, 11) is 0. The van der Waals surface area contributed by atoms with E-state index in [2.05, 4.69) is 5.32 Å². The lowest BCUT2D eigenvalue weighted by atomic mass is 10.1. The molecule has 0 unspecified atom stereocenters. The highest BCUT2D eigenvalue weighted by Crippen LogP contribution is 2.12. The molecule has 0 atom stereocenters. The number of amides is 2. The number of hydrogen-bond acceptors (Lipinski definition) is 5. The Morgan fingerprint density at radius 3 is 2.14 bits per heavy atom. The highest BCUT2D eigenvalue weighted by Gasteiger charge is 2.13. The van der Waals surface area contributed by atoms with Crippen LogP contribution in [0.3, 0.4) is 0 Å². The normalized spacial score (nSPS) is 10.2. The molecule has 7 nitrogen and oxygen atoms in total. The van der Waals surface area contributed by atoms with E-state index in [9.17, 15) is 19.5 Å². The van der Waals surface area contributed by atoms with Crippen LogP contribution in [0.4, 0.5) is 5.69 Å². The molecular weight excluding hydrogens is 360 g/mol. The van der Waals surface area contributed by atoms with Gasteiger partial charge in [0, 0.05) is 24.3 Å². The number of carbonyl (C=O) groups is 3. The molecule has 0 saturated heterocycles. The maximum Gasteiger partial charge on any atom is 0.310 e. The van der Waals surface area contributed by atoms with Gasteiger partial charge in [0.05, 0.1) is 6.42 Å². The van der Waals surface area contributed by atoms with Crippen LogP contribution >= 0.6 is 0 Å². The van der Waals surface area contributed by atoms with Gasteiger partial charge in [0.1, 0.15) is 5.75 Å². The fraction of sp³-hybridized carbons (Fsp3) is 0.286. The van der Waals surface area contributed by atoms with Gasteiger partial charge in [-0.05, 0) is 55.8 Å². The lowest BCUT2D eigenvalue weighted by molar-refractivity contribution is -0.146. The maximum atomic E-state index is 12.3. The van der Waals surface area contributed by atoms with Crippen molar-refractivity contribution < 1.29 is 24.2 Å². The minimum Gasteiger partial charge on any atom is -0.508 e. The van der Waals surface area contributed by atoms with E-state index in [1.807, 2.05) is 13.8 Å². The summed E-state index contributed by atoms with van der Waals surface area (Å²) in [6, 6.07) is 12.7. The summed E-state index contributed by atoms with van der Waals surface area (Å²) >= 11 is 0. The Bertz CT molecular complexity index is 812. The predicted octanol–water partition coefficient (Wildman–Crippen LogP) is 2.60. The van der Waals surface area contributed by atoms with Gasteiger partial charge in [0.25, 0.3) is 11.8 Å². The highest BCUT2D eigenvalue weighted by atomic mass is 16.5. The molecule has 2 amide bonds. The monoisotopic (exact) mass is 384 g/mol. The number of aromatic hydroxyl groups is 1. The average molecular weight is 384 g/mol. The van der Waals surface area contributed by atoms with Crippen LogP contribution in [0.25, 0.3) is 0 Å². The number of esters is 1. The molecule has 2 rings (SSSR count). The Labute approximate surface area is 163 Å². The van der Waals surface area contributed by atoms with Crippen LogP contribution in [0.2, 0.25) is 0 Å². The number of phenolic OH excluding ortho intramolecular Hbond substituents is 1. The summed E-state index contributed by atoms with van der Waals surface area (Å²) in [5.74, 6) is -0.963. The van der Waals surface area contributed by atoms with Crippen molar-refractivity contribution in [2.75, 3.05) is 25.0 Å². The smallest absolute Gasteiger partial charge is 0.310 e. The number of anilines is 1. The number of hydrogen-bond donors (Lipinski definition) is 2. The minimum atomic E-state index is -0.541. The second kappa shape index (κ2) is 10.1. The SMILES string of the molecule is CCN(CC)C(=O)c1ccc(NC(=O)COC(=O)Cc2ccc(O)cc2)cc1. The molecule has 0 aliphatic heterocycles. The van der Waals surface area contributed by atoms with Crippen LogP contribution in [0.15, 0.2) is 48.5 Å².